The maximum atomic E-state index is 11.9. The van der Waals surface area contributed by atoms with E-state index in [0.717, 1.165) is 8.26 Å². The van der Waals surface area contributed by atoms with Crippen LogP contribution < -0.4 is 0 Å². The Hall–Kier alpha value is 0.320. The number of carbonyl (C=O) groups is 1. The second-order valence-corrected chi connectivity index (χ2v) is 7.64. The Morgan fingerprint density at radius 3 is 2.40 bits per heavy atom. The Bertz CT molecular complexity index is 498. The molecule has 2 aromatic heterocycles. The van der Waals surface area contributed by atoms with Gasteiger partial charge in [0.25, 0.3) is 0 Å². The Kier molecular flexibility index (Phi) is 3.67. The summed E-state index contributed by atoms with van der Waals surface area (Å²) in [6.07, 6.45) is 0. The highest BCUT2D eigenvalue weighted by Gasteiger charge is 2.15. The zero-order valence-electron chi connectivity index (χ0n) is 7.09. The van der Waals surface area contributed by atoms with Gasteiger partial charge in [0, 0.05) is 4.47 Å². The maximum Gasteiger partial charge on any atom is 0.212 e. The second-order valence-electron chi connectivity index (χ2n) is 2.67. The minimum Gasteiger partial charge on any atom is -0.287 e. The van der Waals surface area contributed by atoms with Crippen molar-refractivity contribution >= 4 is 71.9 Å². The lowest BCUT2D eigenvalue weighted by Crippen LogP contribution is -1.93. The van der Waals surface area contributed by atoms with Gasteiger partial charge in [0.1, 0.15) is 4.34 Å². The highest BCUT2D eigenvalue weighted by molar-refractivity contribution is 9.11. The summed E-state index contributed by atoms with van der Waals surface area (Å²) in [7, 11) is 0. The molecule has 0 N–H and O–H groups in total. The van der Waals surface area contributed by atoms with Crippen LogP contribution in [-0.4, -0.2) is 5.78 Å². The first kappa shape index (κ1) is 11.8. The number of rotatable bonds is 2. The third kappa shape index (κ3) is 2.53. The van der Waals surface area contributed by atoms with Gasteiger partial charge in [-0.3, -0.25) is 4.79 Å². The van der Waals surface area contributed by atoms with E-state index in [-0.39, 0.29) is 5.78 Å². The molecule has 0 amide bonds. The van der Waals surface area contributed by atoms with E-state index >= 15 is 0 Å². The Labute approximate surface area is 116 Å². The quantitative estimate of drug-likeness (QED) is 0.647. The predicted octanol–water partition coefficient (Wildman–Crippen LogP) is 5.22. The first-order valence-corrected chi connectivity index (χ1v) is 7.42. The Balaban J connectivity index is 2.36. The Morgan fingerprint density at radius 2 is 1.93 bits per heavy atom. The third-order valence-electron chi connectivity index (χ3n) is 1.67. The van der Waals surface area contributed by atoms with Crippen LogP contribution in [-0.2, 0) is 0 Å². The summed E-state index contributed by atoms with van der Waals surface area (Å²) in [6, 6.07) is 5.42. The van der Waals surface area contributed by atoms with E-state index in [1.54, 1.807) is 12.1 Å². The smallest absolute Gasteiger partial charge is 0.212 e. The largest absolute Gasteiger partial charge is 0.287 e. The van der Waals surface area contributed by atoms with E-state index in [4.69, 9.17) is 11.6 Å². The van der Waals surface area contributed by atoms with Gasteiger partial charge in [0.05, 0.1) is 13.5 Å². The molecule has 0 saturated heterocycles. The van der Waals surface area contributed by atoms with Crippen LogP contribution in [0.4, 0.5) is 0 Å². The predicted molar refractivity (Wildman–Crippen MR) is 72.5 cm³/mol. The number of hydrogen-bond donors (Lipinski definition) is 0. The molecule has 2 aromatic rings. The van der Waals surface area contributed by atoms with Crippen LogP contribution in [0.2, 0.25) is 4.34 Å². The fraction of sp³-hybridized carbons (Fsp3) is 0. The molecule has 6 heteroatoms. The molecule has 0 saturated carbocycles. The molecule has 0 aliphatic carbocycles. The minimum atomic E-state index is 0.0169. The highest BCUT2D eigenvalue weighted by Crippen LogP contribution is 2.34. The molecule has 0 aliphatic rings. The number of hydrogen-bond acceptors (Lipinski definition) is 3. The van der Waals surface area contributed by atoms with Crippen LogP contribution in [0, 0.1) is 0 Å². The highest BCUT2D eigenvalue weighted by atomic mass is 79.9. The van der Waals surface area contributed by atoms with Gasteiger partial charge < -0.3 is 0 Å². The number of thiophene rings is 2. The average Bonchev–Trinajstić information content (AvgIpc) is 2.74. The van der Waals surface area contributed by atoms with Crippen molar-refractivity contribution in [3.05, 3.63) is 40.5 Å². The fourth-order valence-electron chi connectivity index (χ4n) is 1.02. The van der Waals surface area contributed by atoms with Crippen LogP contribution >= 0.6 is 66.1 Å². The van der Waals surface area contributed by atoms with Gasteiger partial charge in [0.15, 0.2) is 0 Å². The summed E-state index contributed by atoms with van der Waals surface area (Å²) < 4.78 is 2.33. The lowest BCUT2D eigenvalue weighted by atomic mass is 10.3. The third-order valence-corrected chi connectivity index (χ3v) is 5.76. The zero-order valence-corrected chi connectivity index (χ0v) is 12.7. The molecule has 1 nitrogen and oxygen atoms in total. The van der Waals surface area contributed by atoms with Gasteiger partial charge in [-0.25, -0.2) is 0 Å². The summed E-state index contributed by atoms with van der Waals surface area (Å²) in [5, 5.41) is 0. The van der Waals surface area contributed by atoms with Crippen molar-refractivity contribution in [1.29, 1.82) is 0 Å². The van der Waals surface area contributed by atoms with E-state index < -0.39 is 0 Å². The van der Waals surface area contributed by atoms with E-state index in [2.05, 4.69) is 31.9 Å². The molecule has 0 unspecified atom stereocenters. The summed E-state index contributed by atoms with van der Waals surface area (Å²) in [5.74, 6) is 0.0169. The molecule has 2 rings (SSSR count). The van der Waals surface area contributed by atoms with Crippen LogP contribution in [0.3, 0.4) is 0 Å². The topological polar surface area (TPSA) is 17.1 Å². The molecule has 15 heavy (non-hydrogen) atoms. The minimum absolute atomic E-state index is 0.0169. The van der Waals surface area contributed by atoms with Crippen LogP contribution in [0.25, 0.3) is 0 Å². The lowest BCUT2D eigenvalue weighted by Gasteiger charge is -1.90. The summed E-state index contributed by atoms with van der Waals surface area (Å²) in [5.41, 5.74) is 0. The average molecular weight is 387 g/mol. The van der Waals surface area contributed by atoms with Crippen molar-refractivity contribution in [3.8, 4) is 0 Å². The maximum absolute atomic E-state index is 11.9. The van der Waals surface area contributed by atoms with Gasteiger partial charge in [-0.1, -0.05) is 11.6 Å². The molecule has 0 radical (unpaired) electrons. The first-order chi connectivity index (χ1) is 7.08. The van der Waals surface area contributed by atoms with E-state index in [9.17, 15) is 4.79 Å². The molecule has 0 atom stereocenters. The van der Waals surface area contributed by atoms with Gasteiger partial charge in [0.2, 0.25) is 5.78 Å². The fourth-order valence-corrected chi connectivity index (χ4v) is 4.08. The summed E-state index contributed by atoms with van der Waals surface area (Å²) in [6.45, 7) is 0. The molecular formula is C9H3Br2ClOS2. The van der Waals surface area contributed by atoms with E-state index in [1.165, 1.54) is 22.7 Å². The van der Waals surface area contributed by atoms with Crippen LogP contribution in [0.5, 0.6) is 0 Å². The molecule has 0 spiro atoms. The van der Waals surface area contributed by atoms with Crippen molar-refractivity contribution in [2.45, 2.75) is 0 Å². The van der Waals surface area contributed by atoms with E-state index in [0.29, 0.717) is 14.1 Å². The monoisotopic (exact) mass is 384 g/mol. The molecule has 0 aromatic carbocycles. The molecular weight excluding hydrogens is 383 g/mol. The van der Waals surface area contributed by atoms with Crippen LogP contribution in [0.15, 0.2) is 26.5 Å². The van der Waals surface area contributed by atoms with Crippen LogP contribution in [0.1, 0.15) is 14.5 Å². The molecule has 2 heterocycles. The van der Waals surface area contributed by atoms with Gasteiger partial charge in [-0.15, -0.1) is 22.7 Å². The van der Waals surface area contributed by atoms with Crippen molar-refractivity contribution < 1.29 is 4.79 Å². The molecule has 78 valence electrons. The van der Waals surface area contributed by atoms with Gasteiger partial charge in [-0.2, -0.15) is 0 Å². The molecule has 0 bridgehead atoms. The lowest BCUT2D eigenvalue weighted by molar-refractivity contribution is 0.104. The summed E-state index contributed by atoms with van der Waals surface area (Å²) >= 11 is 15.2. The first-order valence-electron chi connectivity index (χ1n) is 3.83. The van der Waals surface area contributed by atoms with Crippen molar-refractivity contribution in [3.63, 3.8) is 0 Å². The number of ketones is 1. The SMILES string of the molecule is O=C(c1ccc(Br)s1)c1cc(Br)c(Cl)s1. The van der Waals surface area contributed by atoms with Crippen molar-refractivity contribution in [2.75, 3.05) is 0 Å². The van der Waals surface area contributed by atoms with Crippen molar-refractivity contribution in [1.82, 2.24) is 0 Å². The standard InChI is InChI=1S/C9H3Br2ClOS2/c10-4-3-6(15-9(4)12)8(13)5-1-2-7(11)14-5/h1-3H. The van der Waals surface area contributed by atoms with Gasteiger partial charge >= 0.3 is 0 Å². The summed E-state index contributed by atoms with van der Waals surface area (Å²) in [4.78, 5) is 13.3. The van der Waals surface area contributed by atoms with Crippen molar-refractivity contribution in [2.24, 2.45) is 0 Å². The molecule has 0 aliphatic heterocycles. The number of carbonyl (C=O) groups excluding carboxylic acids is 1. The number of halogens is 3. The Morgan fingerprint density at radius 1 is 1.20 bits per heavy atom. The van der Waals surface area contributed by atoms with E-state index in [1.807, 2.05) is 6.07 Å². The molecule has 0 fully saturated rings. The second kappa shape index (κ2) is 4.67. The normalized spacial score (nSPS) is 10.6. The zero-order chi connectivity index (χ0) is 11.0. The van der Waals surface area contributed by atoms with Gasteiger partial charge in [-0.05, 0) is 50.1 Å².